The van der Waals surface area contributed by atoms with Gasteiger partial charge in [-0.3, -0.25) is 4.79 Å². The van der Waals surface area contributed by atoms with E-state index in [9.17, 15) is 4.79 Å². The van der Waals surface area contributed by atoms with Crippen LogP contribution in [-0.2, 0) is 17.6 Å². The number of hydrogen-bond donors (Lipinski definition) is 1. The van der Waals surface area contributed by atoms with Crippen molar-refractivity contribution < 1.29 is 9.21 Å². The van der Waals surface area contributed by atoms with Crippen LogP contribution in [-0.4, -0.2) is 10.9 Å². The van der Waals surface area contributed by atoms with Gasteiger partial charge in [0.15, 0.2) is 5.89 Å². The van der Waals surface area contributed by atoms with Crippen LogP contribution in [0.25, 0.3) is 0 Å². The van der Waals surface area contributed by atoms with Crippen LogP contribution in [0.3, 0.4) is 0 Å². The quantitative estimate of drug-likeness (QED) is 0.896. The number of nitrogens with one attached hydrogen (secondary N) is 1. The largest absolute Gasteiger partial charge is 0.449 e. The van der Waals surface area contributed by atoms with Crippen molar-refractivity contribution in [3.8, 4) is 0 Å². The zero-order chi connectivity index (χ0) is 13.7. The van der Waals surface area contributed by atoms with E-state index < -0.39 is 0 Å². The summed E-state index contributed by atoms with van der Waals surface area (Å²) in [7, 11) is 0. The third-order valence-corrected chi connectivity index (χ3v) is 2.95. The summed E-state index contributed by atoms with van der Waals surface area (Å²) < 4.78 is 5.11. The molecule has 0 aliphatic carbocycles. The molecule has 1 aromatic carbocycles. The molecule has 2 rings (SSSR count). The van der Waals surface area contributed by atoms with E-state index in [2.05, 4.69) is 17.2 Å². The predicted molar refractivity (Wildman–Crippen MR) is 74.0 cm³/mol. The van der Waals surface area contributed by atoms with Crippen LogP contribution in [0.5, 0.6) is 0 Å². The summed E-state index contributed by atoms with van der Waals surface area (Å²) in [5, 5.41) is 2.94. The van der Waals surface area contributed by atoms with E-state index in [1.807, 2.05) is 24.3 Å². The molecular weight excluding hydrogens is 240 g/mol. The lowest BCUT2D eigenvalue weighted by Gasteiger charge is -2.09. The molecule has 0 aliphatic heterocycles. The topological polar surface area (TPSA) is 55.1 Å². The zero-order valence-corrected chi connectivity index (χ0v) is 11.3. The number of rotatable bonds is 5. The molecule has 0 radical (unpaired) electrons. The average molecular weight is 258 g/mol. The second-order valence-electron chi connectivity index (χ2n) is 4.42. The SMILES string of the molecule is CCc1ccccc1NC(=O)CCc1coc(C)n1. The minimum absolute atomic E-state index is 0.00144. The van der Waals surface area contributed by atoms with E-state index in [-0.39, 0.29) is 5.91 Å². The Morgan fingerprint density at radius 2 is 2.16 bits per heavy atom. The smallest absolute Gasteiger partial charge is 0.224 e. The van der Waals surface area contributed by atoms with Crippen molar-refractivity contribution >= 4 is 11.6 Å². The third kappa shape index (κ3) is 3.68. The van der Waals surface area contributed by atoms with E-state index in [1.165, 1.54) is 0 Å². The fraction of sp³-hybridized carbons (Fsp3) is 0.333. The molecule has 19 heavy (non-hydrogen) atoms. The van der Waals surface area contributed by atoms with Crippen LogP contribution >= 0.6 is 0 Å². The van der Waals surface area contributed by atoms with Crippen molar-refractivity contribution in [1.82, 2.24) is 4.98 Å². The number of aryl methyl sites for hydroxylation is 3. The number of benzene rings is 1. The Kier molecular flexibility index (Phi) is 4.34. The molecule has 0 bridgehead atoms. The van der Waals surface area contributed by atoms with Crippen LogP contribution in [0.15, 0.2) is 34.9 Å². The second kappa shape index (κ2) is 6.18. The second-order valence-corrected chi connectivity index (χ2v) is 4.42. The maximum atomic E-state index is 11.9. The van der Waals surface area contributed by atoms with Crippen LogP contribution in [0.2, 0.25) is 0 Å². The van der Waals surface area contributed by atoms with Gasteiger partial charge in [0.05, 0.1) is 5.69 Å². The number of carbonyl (C=O) groups is 1. The first-order valence-electron chi connectivity index (χ1n) is 6.47. The molecule has 0 saturated carbocycles. The number of oxazole rings is 1. The third-order valence-electron chi connectivity index (χ3n) is 2.95. The Bertz CT molecular complexity index is 561. The van der Waals surface area contributed by atoms with Gasteiger partial charge in [0.1, 0.15) is 6.26 Å². The Morgan fingerprint density at radius 1 is 1.37 bits per heavy atom. The van der Waals surface area contributed by atoms with Crippen molar-refractivity contribution in [2.24, 2.45) is 0 Å². The Hall–Kier alpha value is -2.10. The monoisotopic (exact) mass is 258 g/mol. The number of para-hydroxylation sites is 1. The summed E-state index contributed by atoms with van der Waals surface area (Å²) >= 11 is 0. The summed E-state index contributed by atoms with van der Waals surface area (Å²) in [5.74, 6) is 0.633. The Labute approximate surface area is 112 Å². The highest BCUT2D eigenvalue weighted by Gasteiger charge is 2.07. The van der Waals surface area contributed by atoms with Gasteiger partial charge in [-0.15, -0.1) is 0 Å². The Balaban J connectivity index is 1.90. The lowest BCUT2D eigenvalue weighted by atomic mass is 10.1. The van der Waals surface area contributed by atoms with Crippen molar-refractivity contribution in [2.45, 2.75) is 33.1 Å². The minimum atomic E-state index is 0.00144. The molecule has 0 unspecified atom stereocenters. The number of aromatic nitrogens is 1. The fourth-order valence-electron chi connectivity index (χ4n) is 1.93. The zero-order valence-electron chi connectivity index (χ0n) is 11.3. The molecule has 1 heterocycles. The summed E-state index contributed by atoms with van der Waals surface area (Å²) in [6.07, 6.45) is 3.50. The standard InChI is InChI=1S/C15H18N2O2/c1-3-12-6-4-5-7-14(12)17-15(18)9-8-13-10-19-11(2)16-13/h4-7,10H,3,8-9H2,1-2H3,(H,17,18). The highest BCUT2D eigenvalue weighted by Crippen LogP contribution is 2.16. The lowest BCUT2D eigenvalue weighted by Crippen LogP contribution is -2.13. The summed E-state index contributed by atoms with van der Waals surface area (Å²) in [6.45, 7) is 3.87. The van der Waals surface area contributed by atoms with Crippen molar-refractivity contribution in [3.05, 3.63) is 47.7 Å². The molecule has 1 amide bonds. The first-order chi connectivity index (χ1) is 9.19. The molecule has 1 aromatic heterocycles. The van der Waals surface area contributed by atoms with Gasteiger partial charge in [-0.25, -0.2) is 4.98 Å². The first kappa shape index (κ1) is 13.3. The highest BCUT2D eigenvalue weighted by atomic mass is 16.3. The van der Waals surface area contributed by atoms with E-state index in [0.29, 0.717) is 18.7 Å². The molecule has 0 atom stereocenters. The molecule has 4 nitrogen and oxygen atoms in total. The molecule has 0 saturated heterocycles. The molecular formula is C15H18N2O2. The van der Waals surface area contributed by atoms with E-state index in [1.54, 1.807) is 13.2 Å². The van der Waals surface area contributed by atoms with Gasteiger partial charge >= 0.3 is 0 Å². The van der Waals surface area contributed by atoms with Gasteiger partial charge in [-0.2, -0.15) is 0 Å². The molecule has 2 aromatic rings. The number of anilines is 1. The van der Waals surface area contributed by atoms with Gasteiger partial charge in [0.2, 0.25) is 5.91 Å². The predicted octanol–water partition coefficient (Wildman–Crippen LogP) is 3.12. The molecule has 4 heteroatoms. The number of hydrogen-bond acceptors (Lipinski definition) is 3. The fourth-order valence-corrected chi connectivity index (χ4v) is 1.93. The van der Waals surface area contributed by atoms with Crippen molar-refractivity contribution in [1.29, 1.82) is 0 Å². The van der Waals surface area contributed by atoms with Crippen LogP contribution < -0.4 is 5.32 Å². The molecule has 1 N–H and O–H groups in total. The van der Waals surface area contributed by atoms with Crippen molar-refractivity contribution in [2.75, 3.05) is 5.32 Å². The molecule has 100 valence electrons. The maximum absolute atomic E-state index is 11.9. The van der Waals surface area contributed by atoms with E-state index in [0.717, 1.165) is 23.4 Å². The molecule has 0 aliphatic rings. The normalized spacial score (nSPS) is 10.4. The van der Waals surface area contributed by atoms with Crippen LogP contribution in [0.1, 0.15) is 30.5 Å². The Morgan fingerprint density at radius 3 is 2.84 bits per heavy atom. The number of amides is 1. The van der Waals surface area contributed by atoms with Crippen molar-refractivity contribution in [3.63, 3.8) is 0 Å². The van der Waals surface area contributed by atoms with Crippen LogP contribution in [0, 0.1) is 6.92 Å². The maximum Gasteiger partial charge on any atom is 0.224 e. The van der Waals surface area contributed by atoms with E-state index >= 15 is 0 Å². The number of nitrogens with zero attached hydrogens (tertiary/aromatic N) is 1. The summed E-state index contributed by atoms with van der Waals surface area (Å²) in [5.41, 5.74) is 2.86. The molecule has 0 spiro atoms. The van der Waals surface area contributed by atoms with Gasteiger partial charge in [-0.1, -0.05) is 25.1 Å². The number of carbonyl (C=O) groups excluding carboxylic acids is 1. The lowest BCUT2D eigenvalue weighted by molar-refractivity contribution is -0.116. The minimum Gasteiger partial charge on any atom is -0.449 e. The van der Waals surface area contributed by atoms with Gasteiger partial charge < -0.3 is 9.73 Å². The average Bonchev–Trinajstić information content (AvgIpc) is 2.83. The summed E-state index contributed by atoms with van der Waals surface area (Å²) in [6, 6.07) is 7.86. The van der Waals surface area contributed by atoms with Gasteiger partial charge in [-0.05, 0) is 18.1 Å². The molecule has 0 fully saturated rings. The summed E-state index contributed by atoms with van der Waals surface area (Å²) in [4.78, 5) is 16.1. The highest BCUT2D eigenvalue weighted by molar-refractivity contribution is 5.91. The first-order valence-corrected chi connectivity index (χ1v) is 6.47. The van der Waals surface area contributed by atoms with E-state index in [4.69, 9.17) is 4.42 Å². The van der Waals surface area contributed by atoms with Crippen LogP contribution in [0.4, 0.5) is 5.69 Å². The van der Waals surface area contributed by atoms with Gasteiger partial charge in [0.25, 0.3) is 0 Å². The van der Waals surface area contributed by atoms with Gasteiger partial charge in [0, 0.05) is 25.5 Å².